The molecule has 3 aromatic rings. The van der Waals surface area contributed by atoms with Gasteiger partial charge in [-0.3, -0.25) is 9.48 Å². The van der Waals surface area contributed by atoms with Gasteiger partial charge in [-0.1, -0.05) is 12.1 Å². The number of amides is 1. The van der Waals surface area contributed by atoms with E-state index in [9.17, 15) is 4.79 Å². The maximum atomic E-state index is 11.5. The molecule has 1 aromatic carbocycles. The molecule has 1 N–H and O–H groups in total. The molecule has 1 aliphatic heterocycles. The zero-order valence-electron chi connectivity index (χ0n) is 15.4. The summed E-state index contributed by atoms with van der Waals surface area (Å²) in [7, 11) is 1.86. The fourth-order valence-electron chi connectivity index (χ4n) is 3.27. The molecular formula is C19H22N6O2. The van der Waals surface area contributed by atoms with Gasteiger partial charge in [0.2, 0.25) is 11.9 Å². The quantitative estimate of drug-likeness (QED) is 0.764. The van der Waals surface area contributed by atoms with E-state index >= 15 is 0 Å². The van der Waals surface area contributed by atoms with Crippen LogP contribution in [0.3, 0.4) is 0 Å². The zero-order chi connectivity index (χ0) is 18.8. The molecule has 8 heteroatoms. The van der Waals surface area contributed by atoms with Gasteiger partial charge >= 0.3 is 0 Å². The van der Waals surface area contributed by atoms with Crippen LogP contribution in [-0.4, -0.2) is 49.7 Å². The highest BCUT2D eigenvalue weighted by atomic mass is 16.5. The minimum Gasteiger partial charge on any atom is -0.488 e. The number of hydrogen-bond acceptors (Lipinski definition) is 6. The standard InChI is InChI=1S/C19H22N6O2/c1-13(26)25-8-6-16(7-9-25)27-17-5-3-4-14-10-20-19(23-18(14)17)22-15-11-21-24(2)12-15/h3-5,10-12,16H,6-9H2,1-2H3,(H,20,22,23). The van der Waals surface area contributed by atoms with Crippen LogP contribution in [0.25, 0.3) is 10.9 Å². The molecule has 0 radical (unpaired) electrons. The van der Waals surface area contributed by atoms with E-state index in [0.29, 0.717) is 5.95 Å². The third kappa shape index (κ3) is 3.84. The van der Waals surface area contributed by atoms with Crippen LogP contribution < -0.4 is 10.1 Å². The van der Waals surface area contributed by atoms with Crippen molar-refractivity contribution in [1.82, 2.24) is 24.6 Å². The van der Waals surface area contributed by atoms with Gasteiger partial charge in [-0.15, -0.1) is 0 Å². The van der Waals surface area contributed by atoms with Gasteiger partial charge in [-0.2, -0.15) is 5.10 Å². The maximum Gasteiger partial charge on any atom is 0.227 e. The number of carbonyl (C=O) groups is 1. The summed E-state index contributed by atoms with van der Waals surface area (Å²) in [4.78, 5) is 22.4. The first-order valence-corrected chi connectivity index (χ1v) is 9.02. The van der Waals surface area contributed by atoms with Crippen molar-refractivity contribution in [1.29, 1.82) is 0 Å². The van der Waals surface area contributed by atoms with Crippen LogP contribution in [0.15, 0.2) is 36.8 Å². The normalized spacial score (nSPS) is 15.1. The molecule has 0 aliphatic carbocycles. The van der Waals surface area contributed by atoms with E-state index in [0.717, 1.165) is 48.3 Å². The number of rotatable bonds is 4. The molecule has 0 bridgehead atoms. The Labute approximate surface area is 157 Å². The van der Waals surface area contributed by atoms with E-state index < -0.39 is 0 Å². The van der Waals surface area contributed by atoms with Crippen molar-refractivity contribution in [3.05, 3.63) is 36.8 Å². The molecule has 1 fully saturated rings. The Hall–Kier alpha value is -3.16. The summed E-state index contributed by atoms with van der Waals surface area (Å²) in [5, 5.41) is 8.22. The van der Waals surface area contributed by atoms with Gasteiger partial charge in [0.05, 0.1) is 11.9 Å². The van der Waals surface area contributed by atoms with E-state index in [-0.39, 0.29) is 12.0 Å². The van der Waals surface area contributed by atoms with Gasteiger partial charge in [0, 0.05) is 57.7 Å². The van der Waals surface area contributed by atoms with Crippen LogP contribution in [-0.2, 0) is 11.8 Å². The number of para-hydroxylation sites is 1. The van der Waals surface area contributed by atoms with E-state index in [1.54, 1.807) is 24.0 Å². The molecule has 1 amide bonds. The number of likely N-dealkylation sites (tertiary alicyclic amines) is 1. The van der Waals surface area contributed by atoms with Crippen molar-refractivity contribution in [2.45, 2.75) is 25.9 Å². The number of aromatic nitrogens is 4. The second-order valence-electron chi connectivity index (χ2n) is 6.74. The SMILES string of the molecule is CC(=O)N1CCC(Oc2cccc3cnc(Nc4cnn(C)c4)nc23)CC1. The summed E-state index contributed by atoms with van der Waals surface area (Å²) in [6.45, 7) is 3.07. The molecule has 0 unspecified atom stereocenters. The van der Waals surface area contributed by atoms with E-state index in [1.807, 2.05) is 36.3 Å². The van der Waals surface area contributed by atoms with Gasteiger partial charge in [0.25, 0.3) is 0 Å². The number of anilines is 2. The molecule has 0 atom stereocenters. The molecule has 1 saturated heterocycles. The summed E-state index contributed by atoms with van der Waals surface area (Å²) in [5.41, 5.74) is 1.60. The van der Waals surface area contributed by atoms with Crippen molar-refractivity contribution >= 4 is 28.4 Å². The minimum atomic E-state index is 0.0795. The molecular weight excluding hydrogens is 344 g/mol. The topological polar surface area (TPSA) is 85.2 Å². The lowest BCUT2D eigenvalue weighted by Gasteiger charge is -2.31. The van der Waals surface area contributed by atoms with Crippen molar-refractivity contribution < 1.29 is 9.53 Å². The Morgan fingerprint density at radius 2 is 2.07 bits per heavy atom. The first-order chi connectivity index (χ1) is 13.1. The molecule has 2 aromatic heterocycles. The summed E-state index contributed by atoms with van der Waals surface area (Å²) < 4.78 is 7.95. The van der Waals surface area contributed by atoms with E-state index in [1.165, 1.54) is 0 Å². The summed E-state index contributed by atoms with van der Waals surface area (Å²) >= 11 is 0. The Bertz CT molecular complexity index is 962. The Morgan fingerprint density at radius 3 is 2.78 bits per heavy atom. The van der Waals surface area contributed by atoms with Crippen molar-refractivity contribution in [3.63, 3.8) is 0 Å². The lowest BCUT2D eigenvalue weighted by Crippen LogP contribution is -2.40. The molecule has 4 rings (SSSR count). The number of hydrogen-bond donors (Lipinski definition) is 1. The van der Waals surface area contributed by atoms with Gasteiger partial charge < -0.3 is 15.0 Å². The average molecular weight is 366 g/mol. The predicted molar refractivity (Wildman–Crippen MR) is 102 cm³/mol. The summed E-state index contributed by atoms with van der Waals surface area (Å²) in [6, 6.07) is 5.84. The van der Waals surface area contributed by atoms with Crippen LogP contribution in [0.5, 0.6) is 5.75 Å². The molecule has 27 heavy (non-hydrogen) atoms. The average Bonchev–Trinajstić information content (AvgIpc) is 3.07. The lowest BCUT2D eigenvalue weighted by molar-refractivity contribution is -0.130. The number of fused-ring (bicyclic) bond motifs is 1. The minimum absolute atomic E-state index is 0.0795. The molecule has 8 nitrogen and oxygen atoms in total. The van der Waals surface area contributed by atoms with Crippen LogP contribution in [0, 0.1) is 0 Å². The van der Waals surface area contributed by atoms with Crippen molar-refractivity contribution in [2.24, 2.45) is 7.05 Å². The third-order valence-corrected chi connectivity index (χ3v) is 4.72. The predicted octanol–water partition coefficient (Wildman–Crippen LogP) is 2.50. The maximum absolute atomic E-state index is 11.5. The van der Waals surface area contributed by atoms with Crippen LogP contribution in [0.1, 0.15) is 19.8 Å². The Morgan fingerprint density at radius 1 is 1.26 bits per heavy atom. The highest BCUT2D eigenvalue weighted by Gasteiger charge is 2.22. The molecule has 1 aliphatic rings. The first-order valence-electron chi connectivity index (χ1n) is 9.02. The zero-order valence-corrected chi connectivity index (χ0v) is 15.4. The van der Waals surface area contributed by atoms with Gasteiger partial charge in [-0.25, -0.2) is 9.97 Å². The van der Waals surface area contributed by atoms with E-state index in [4.69, 9.17) is 4.74 Å². The first kappa shape index (κ1) is 17.3. The van der Waals surface area contributed by atoms with Crippen LogP contribution in [0.2, 0.25) is 0 Å². The number of carbonyl (C=O) groups excluding carboxylic acids is 1. The summed E-state index contributed by atoms with van der Waals surface area (Å²) in [6.07, 6.45) is 7.09. The fraction of sp³-hybridized carbons (Fsp3) is 0.368. The number of nitrogens with zero attached hydrogens (tertiary/aromatic N) is 5. The molecule has 0 saturated carbocycles. The summed E-state index contributed by atoms with van der Waals surface area (Å²) in [5.74, 6) is 1.36. The number of nitrogens with one attached hydrogen (secondary N) is 1. The second kappa shape index (κ2) is 7.22. The molecule has 140 valence electrons. The van der Waals surface area contributed by atoms with Gasteiger partial charge in [-0.05, 0) is 6.07 Å². The van der Waals surface area contributed by atoms with Crippen LogP contribution >= 0.6 is 0 Å². The van der Waals surface area contributed by atoms with Gasteiger partial charge in [0.1, 0.15) is 17.4 Å². The monoisotopic (exact) mass is 366 g/mol. The highest BCUT2D eigenvalue weighted by molar-refractivity contribution is 5.85. The Balaban J connectivity index is 1.53. The largest absolute Gasteiger partial charge is 0.488 e. The highest BCUT2D eigenvalue weighted by Crippen LogP contribution is 2.27. The lowest BCUT2D eigenvalue weighted by atomic mass is 10.1. The number of benzene rings is 1. The fourth-order valence-corrected chi connectivity index (χ4v) is 3.27. The third-order valence-electron chi connectivity index (χ3n) is 4.72. The smallest absolute Gasteiger partial charge is 0.227 e. The van der Waals surface area contributed by atoms with Crippen LogP contribution in [0.4, 0.5) is 11.6 Å². The number of ether oxygens (including phenoxy) is 1. The van der Waals surface area contributed by atoms with E-state index in [2.05, 4.69) is 20.4 Å². The Kier molecular flexibility index (Phi) is 4.62. The number of piperidine rings is 1. The van der Waals surface area contributed by atoms with Gasteiger partial charge in [0.15, 0.2) is 0 Å². The molecule has 3 heterocycles. The van der Waals surface area contributed by atoms with Crippen molar-refractivity contribution in [2.75, 3.05) is 18.4 Å². The van der Waals surface area contributed by atoms with Crippen molar-refractivity contribution in [3.8, 4) is 5.75 Å². The second-order valence-corrected chi connectivity index (χ2v) is 6.74. The number of aryl methyl sites for hydroxylation is 1. The molecule has 0 spiro atoms.